The third-order valence-electron chi connectivity index (χ3n) is 1.69. The van der Waals surface area contributed by atoms with Gasteiger partial charge in [0.1, 0.15) is 0 Å². The summed E-state index contributed by atoms with van der Waals surface area (Å²) in [5, 5.41) is 9.21. The minimum atomic E-state index is -3.68. The Labute approximate surface area is 89.8 Å². The minimum absolute atomic E-state index is 0.0600. The second-order valence-corrected chi connectivity index (χ2v) is 5.34. The molecule has 2 atom stereocenters. The van der Waals surface area contributed by atoms with Gasteiger partial charge < -0.3 is 25.2 Å². The Kier molecular flexibility index (Phi) is 7.34. The van der Waals surface area contributed by atoms with Gasteiger partial charge >= 0.3 is 0 Å². The zero-order valence-electron chi connectivity index (χ0n) is 9.13. The lowest BCUT2D eigenvalue weighted by Crippen LogP contribution is -2.28. The van der Waals surface area contributed by atoms with Crippen LogP contribution < -0.4 is 5.73 Å². The van der Waals surface area contributed by atoms with Crippen LogP contribution >= 0.6 is 7.37 Å². The highest BCUT2D eigenvalue weighted by Gasteiger charge is 2.34. The summed E-state index contributed by atoms with van der Waals surface area (Å²) in [5.41, 5.74) is 5.16. The molecule has 0 fully saturated rings. The van der Waals surface area contributed by atoms with Gasteiger partial charge in [-0.25, -0.2) is 0 Å². The molecule has 0 amide bonds. The molecule has 0 aliphatic carbocycles. The molecule has 0 bridgehead atoms. The molecule has 92 valence electrons. The number of rotatable bonds is 8. The zero-order chi connectivity index (χ0) is 11.9. The van der Waals surface area contributed by atoms with Gasteiger partial charge in [0, 0.05) is 19.8 Å². The van der Waals surface area contributed by atoms with Crippen LogP contribution in [0.2, 0.25) is 0 Å². The maximum absolute atomic E-state index is 11.8. The van der Waals surface area contributed by atoms with Crippen LogP contribution in [0.15, 0.2) is 0 Å². The average Bonchev–Trinajstić information content (AvgIpc) is 2.16. The van der Waals surface area contributed by atoms with Crippen LogP contribution in [0, 0.1) is 0 Å². The highest BCUT2D eigenvalue weighted by atomic mass is 31.2. The molecule has 0 radical (unpaired) electrons. The number of aliphatic hydroxyl groups is 1. The van der Waals surface area contributed by atoms with E-state index in [0.717, 1.165) is 0 Å². The van der Waals surface area contributed by atoms with Gasteiger partial charge in [-0.3, -0.25) is 4.57 Å². The summed E-state index contributed by atoms with van der Waals surface area (Å²) >= 11 is 0. The van der Waals surface area contributed by atoms with Crippen molar-refractivity contribution < 1.29 is 24.0 Å². The fourth-order valence-corrected chi connectivity index (χ4v) is 2.72. The van der Waals surface area contributed by atoms with Crippen molar-refractivity contribution >= 4 is 7.37 Å². The first kappa shape index (κ1) is 15.0. The van der Waals surface area contributed by atoms with Gasteiger partial charge in [0.2, 0.25) is 6.03 Å². The van der Waals surface area contributed by atoms with Crippen LogP contribution in [0.3, 0.4) is 0 Å². The van der Waals surface area contributed by atoms with E-state index in [-0.39, 0.29) is 25.9 Å². The van der Waals surface area contributed by atoms with Gasteiger partial charge in [-0.2, -0.15) is 0 Å². The molecule has 0 heterocycles. The van der Waals surface area contributed by atoms with E-state index < -0.39 is 19.5 Å². The SMILES string of the molecule is CCOC(OCC)P(=O)(O)C[C@@H](O)CN. The number of aliphatic hydroxyl groups excluding tert-OH is 1. The summed E-state index contributed by atoms with van der Waals surface area (Å²) in [4.78, 5) is 9.63. The number of ether oxygens (including phenoxy) is 2. The van der Waals surface area contributed by atoms with E-state index in [1.54, 1.807) is 13.8 Å². The molecule has 6 nitrogen and oxygen atoms in total. The van der Waals surface area contributed by atoms with Crippen LogP contribution in [-0.4, -0.2) is 48.1 Å². The van der Waals surface area contributed by atoms with E-state index in [4.69, 9.17) is 15.2 Å². The van der Waals surface area contributed by atoms with E-state index >= 15 is 0 Å². The van der Waals surface area contributed by atoms with E-state index in [1.807, 2.05) is 0 Å². The van der Waals surface area contributed by atoms with Crippen molar-refractivity contribution in [1.29, 1.82) is 0 Å². The molecule has 0 aromatic rings. The van der Waals surface area contributed by atoms with Crippen LogP contribution in [0.4, 0.5) is 0 Å². The summed E-state index contributed by atoms with van der Waals surface area (Å²) in [6, 6.07) is -1.17. The van der Waals surface area contributed by atoms with Crippen molar-refractivity contribution in [3.05, 3.63) is 0 Å². The van der Waals surface area contributed by atoms with Gasteiger partial charge in [-0.05, 0) is 13.8 Å². The quantitative estimate of drug-likeness (QED) is 0.406. The lowest BCUT2D eigenvalue weighted by atomic mass is 10.4. The highest BCUT2D eigenvalue weighted by Crippen LogP contribution is 2.47. The Morgan fingerprint density at radius 1 is 1.33 bits per heavy atom. The Bertz CT molecular complexity index is 207. The van der Waals surface area contributed by atoms with Crippen molar-refractivity contribution in [3.63, 3.8) is 0 Å². The molecule has 0 aromatic carbocycles. The van der Waals surface area contributed by atoms with E-state index in [2.05, 4.69) is 0 Å². The maximum atomic E-state index is 11.8. The molecular weight excluding hydrogens is 221 g/mol. The van der Waals surface area contributed by atoms with Crippen LogP contribution in [0.25, 0.3) is 0 Å². The normalized spacial score (nSPS) is 17.7. The van der Waals surface area contributed by atoms with Gasteiger partial charge in [0.25, 0.3) is 7.37 Å². The van der Waals surface area contributed by atoms with Gasteiger partial charge in [0.15, 0.2) is 0 Å². The number of hydrogen-bond acceptors (Lipinski definition) is 5. The molecule has 7 heteroatoms. The summed E-state index contributed by atoms with van der Waals surface area (Å²) in [5.74, 6) is 0. The molecule has 1 unspecified atom stereocenters. The van der Waals surface area contributed by atoms with Gasteiger partial charge in [-0.1, -0.05) is 0 Å². The molecular formula is C8H20NO5P. The van der Waals surface area contributed by atoms with Crippen LogP contribution in [0.5, 0.6) is 0 Å². The summed E-state index contributed by atoms with van der Waals surface area (Å²) in [7, 11) is -3.68. The molecule has 0 saturated carbocycles. The minimum Gasteiger partial charge on any atom is -0.391 e. The predicted molar refractivity (Wildman–Crippen MR) is 56.8 cm³/mol. The summed E-state index contributed by atoms with van der Waals surface area (Å²) in [6.07, 6.45) is -1.32. The first-order chi connectivity index (χ1) is 6.97. The van der Waals surface area contributed by atoms with E-state index in [0.29, 0.717) is 0 Å². The van der Waals surface area contributed by atoms with Crippen molar-refractivity contribution in [3.8, 4) is 0 Å². The standard InChI is InChI=1S/C8H20NO5P/c1-3-13-8(14-4-2)15(11,12)6-7(10)5-9/h7-8,10H,3-6,9H2,1-2H3,(H,11,12)/t7-/m0/s1. The molecule has 4 N–H and O–H groups in total. The monoisotopic (exact) mass is 241 g/mol. The van der Waals surface area contributed by atoms with Crippen molar-refractivity contribution in [2.45, 2.75) is 26.0 Å². The zero-order valence-corrected chi connectivity index (χ0v) is 10.0. The molecule has 0 saturated heterocycles. The molecule has 15 heavy (non-hydrogen) atoms. The fourth-order valence-electron chi connectivity index (χ4n) is 1.03. The van der Waals surface area contributed by atoms with E-state index in [9.17, 15) is 14.6 Å². The fraction of sp³-hybridized carbons (Fsp3) is 1.00. The van der Waals surface area contributed by atoms with Gasteiger partial charge in [-0.15, -0.1) is 0 Å². The molecule has 0 spiro atoms. The lowest BCUT2D eigenvalue weighted by molar-refractivity contribution is -0.0876. The largest absolute Gasteiger partial charge is 0.391 e. The van der Waals surface area contributed by atoms with Crippen molar-refractivity contribution in [2.75, 3.05) is 25.9 Å². The smallest absolute Gasteiger partial charge is 0.257 e. The van der Waals surface area contributed by atoms with Crippen molar-refractivity contribution in [2.24, 2.45) is 5.73 Å². The third kappa shape index (κ3) is 5.61. The maximum Gasteiger partial charge on any atom is 0.257 e. The number of nitrogens with two attached hydrogens (primary N) is 1. The average molecular weight is 241 g/mol. The second-order valence-electron chi connectivity index (χ2n) is 3.05. The molecule has 0 aliphatic rings. The van der Waals surface area contributed by atoms with Crippen molar-refractivity contribution in [1.82, 2.24) is 0 Å². The Hall–Kier alpha value is 0.0300. The molecule has 0 aliphatic heterocycles. The third-order valence-corrected chi connectivity index (χ3v) is 3.59. The second kappa shape index (κ2) is 7.33. The predicted octanol–water partition coefficient (Wildman–Crippen LogP) is -0.0670. The van der Waals surface area contributed by atoms with Gasteiger partial charge in [0.05, 0.1) is 12.3 Å². The van der Waals surface area contributed by atoms with Crippen LogP contribution in [0.1, 0.15) is 13.8 Å². The number of hydrogen-bond donors (Lipinski definition) is 3. The summed E-state index contributed by atoms with van der Waals surface area (Å²) < 4.78 is 21.8. The molecule has 0 rings (SSSR count). The molecule has 0 aromatic heterocycles. The topological polar surface area (TPSA) is 102 Å². The lowest BCUT2D eigenvalue weighted by Gasteiger charge is -2.23. The highest BCUT2D eigenvalue weighted by molar-refractivity contribution is 7.58. The Balaban J connectivity index is 4.40. The van der Waals surface area contributed by atoms with E-state index in [1.165, 1.54) is 0 Å². The summed E-state index contributed by atoms with van der Waals surface area (Å²) in [6.45, 7) is 3.88. The first-order valence-electron chi connectivity index (χ1n) is 4.90. The Morgan fingerprint density at radius 3 is 2.13 bits per heavy atom. The first-order valence-corrected chi connectivity index (χ1v) is 6.82. The Morgan fingerprint density at radius 2 is 1.80 bits per heavy atom. The van der Waals surface area contributed by atoms with Crippen LogP contribution in [-0.2, 0) is 14.0 Å².